The van der Waals surface area contributed by atoms with Gasteiger partial charge in [0.2, 0.25) is 5.91 Å². The number of imide groups is 1. The van der Waals surface area contributed by atoms with Crippen molar-refractivity contribution in [3.63, 3.8) is 0 Å². The van der Waals surface area contributed by atoms with Gasteiger partial charge in [-0.25, -0.2) is 9.18 Å². The second-order valence-electron chi connectivity index (χ2n) is 7.60. The van der Waals surface area contributed by atoms with Gasteiger partial charge in [0.15, 0.2) is 0 Å². The molecule has 0 unspecified atom stereocenters. The molecule has 0 aromatic heterocycles. The van der Waals surface area contributed by atoms with E-state index in [0.717, 1.165) is 24.2 Å². The van der Waals surface area contributed by atoms with Gasteiger partial charge in [0, 0.05) is 19.2 Å². The Morgan fingerprint density at radius 2 is 1.96 bits per heavy atom. The summed E-state index contributed by atoms with van der Waals surface area (Å²) < 4.78 is 13.8. The molecule has 2 aliphatic rings. The highest BCUT2D eigenvalue weighted by atomic mass is 19.1. The van der Waals surface area contributed by atoms with Crippen LogP contribution in [0.3, 0.4) is 0 Å². The SMILES string of the molecule is CCC1CCC2(CC1)NC(=O)N(CC(=O)N(C)Cc1ccccc1F)C2=O. The molecule has 2 fully saturated rings. The van der Waals surface area contributed by atoms with Crippen LogP contribution in [0.15, 0.2) is 24.3 Å². The first kappa shape index (κ1) is 19.3. The average Bonchev–Trinajstić information content (AvgIpc) is 2.88. The summed E-state index contributed by atoms with van der Waals surface area (Å²) in [6.45, 7) is 1.89. The number of urea groups is 1. The fraction of sp³-hybridized carbons (Fsp3) is 0.550. The minimum absolute atomic E-state index is 0.0818. The number of nitrogens with zero attached hydrogens (tertiary/aromatic N) is 2. The molecule has 1 spiro atoms. The molecule has 1 aliphatic heterocycles. The summed E-state index contributed by atoms with van der Waals surface area (Å²) >= 11 is 0. The highest BCUT2D eigenvalue weighted by Crippen LogP contribution is 2.37. The van der Waals surface area contributed by atoms with Crippen molar-refractivity contribution in [3.05, 3.63) is 35.6 Å². The Kier molecular flexibility index (Phi) is 5.48. The molecule has 1 aliphatic carbocycles. The lowest BCUT2D eigenvalue weighted by atomic mass is 9.75. The molecule has 4 amide bonds. The number of carbonyl (C=O) groups is 3. The van der Waals surface area contributed by atoms with Crippen LogP contribution in [-0.2, 0) is 16.1 Å². The van der Waals surface area contributed by atoms with E-state index >= 15 is 0 Å². The quantitative estimate of drug-likeness (QED) is 0.805. The molecule has 0 atom stereocenters. The van der Waals surface area contributed by atoms with Crippen LogP contribution in [0, 0.1) is 11.7 Å². The Bertz CT molecular complexity index is 744. The molecule has 1 saturated carbocycles. The molecule has 1 aromatic rings. The van der Waals surface area contributed by atoms with E-state index in [1.165, 1.54) is 18.0 Å². The zero-order valence-electron chi connectivity index (χ0n) is 15.8. The van der Waals surface area contributed by atoms with E-state index in [1.807, 2.05) is 0 Å². The van der Waals surface area contributed by atoms with Crippen molar-refractivity contribution in [2.75, 3.05) is 13.6 Å². The van der Waals surface area contributed by atoms with Gasteiger partial charge in [0.25, 0.3) is 5.91 Å². The van der Waals surface area contributed by atoms with E-state index in [9.17, 15) is 18.8 Å². The summed E-state index contributed by atoms with van der Waals surface area (Å²) in [5, 5.41) is 2.82. The van der Waals surface area contributed by atoms with E-state index in [-0.39, 0.29) is 19.0 Å². The van der Waals surface area contributed by atoms with E-state index in [4.69, 9.17) is 0 Å². The van der Waals surface area contributed by atoms with Gasteiger partial charge in [0.1, 0.15) is 17.9 Å². The van der Waals surface area contributed by atoms with Crippen LogP contribution in [0.5, 0.6) is 0 Å². The lowest BCUT2D eigenvalue weighted by molar-refractivity contribution is -0.139. The molecule has 1 heterocycles. The van der Waals surface area contributed by atoms with Crippen molar-refractivity contribution < 1.29 is 18.8 Å². The third kappa shape index (κ3) is 3.82. The van der Waals surface area contributed by atoms with Crippen molar-refractivity contribution in [1.82, 2.24) is 15.1 Å². The second-order valence-corrected chi connectivity index (χ2v) is 7.60. The monoisotopic (exact) mass is 375 g/mol. The van der Waals surface area contributed by atoms with Gasteiger partial charge in [-0.05, 0) is 37.7 Å². The number of halogens is 1. The van der Waals surface area contributed by atoms with Crippen LogP contribution in [0.25, 0.3) is 0 Å². The molecule has 1 aromatic carbocycles. The van der Waals surface area contributed by atoms with Crippen LogP contribution in [0.2, 0.25) is 0 Å². The lowest BCUT2D eigenvalue weighted by Crippen LogP contribution is -2.50. The number of nitrogens with one attached hydrogen (secondary N) is 1. The van der Waals surface area contributed by atoms with E-state index in [2.05, 4.69) is 12.2 Å². The number of hydrogen-bond donors (Lipinski definition) is 1. The minimum Gasteiger partial charge on any atom is -0.340 e. The Morgan fingerprint density at radius 3 is 2.59 bits per heavy atom. The van der Waals surface area contributed by atoms with E-state index in [0.29, 0.717) is 24.3 Å². The lowest BCUT2D eigenvalue weighted by Gasteiger charge is -2.34. The summed E-state index contributed by atoms with van der Waals surface area (Å²) in [6, 6.07) is 5.71. The first-order valence-corrected chi connectivity index (χ1v) is 9.48. The Hall–Kier alpha value is -2.44. The second kappa shape index (κ2) is 7.66. The van der Waals surface area contributed by atoms with Gasteiger partial charge in [-0.15, -0.1) is 0 Å². The molecule has 1 N–H and O–H groups in total. The number of benzene rings is 1. The number of carbonyl (C=O) groups excluding carboxylic acids is 3. The summed E-state index contributed by atoms with van der Waals surface area (Å²) in [4.78, 5) is 40.1. The van der Waals surface area contributed by atoms with Gasteiger partial charge >= 0.3 is 6.03 Å². The molecule has 1 saturated heterocycles. The van der Waals surface area contributed by atoms with Crippen molar-refractivity contribution in [2.24, 2.45) is 5.92 Å². The molecular formula is C20H26FN3O3. The standard InChI is InChI=1S/C20H26FN3O3/c1-3-14-8-10-20(11-9-14)18(26)24(19(27)22-20)13-17(25)23(2)12-15-6-4-5-7-16(15)21/h4-7,14H,3,8-13H2,1-2H3,(H,22,27). The predicted molar refractivity (Wildman–Crippen MR) is 98.1 cm³/mol. The molecule has 3 rings (SSSR count). The summed E-state index contributed by atoms with van der Waals surface area (Å²) in [5.74, 6) is -0.516. The Balaban J connectivity index is 1.63. The Labute approximate surface area is 158 Å². The fourth-order valence-electron chi connectivity index (χ4n) is 3.96. The number of rotatable bonds is 5. The van der Waals surface area contributed by atoms with Crippen LogP contribution >= 0.6 is 0 Å². The van der Waals surface area contributed by atoms with Crippen molar-refractivity contribution in [2.45, 2.75) is 51.1 Å². The highest BCUT2D eigenvalue weighted by molar-refractivity contribution is 6.09. The summed E-state index contributed by atoms with van der Waals surface area (Å²) in [5.41, 5.74) is -0.465. The smallest absolute Gasteiger partial charge is 0.325 e. The van der Waals surface area contributed by atoms with Gasteiger partial charge in [-0.3, -0.25) is 14.5 Å². The third-order valence-electron chi connectivity index (χ3n) is 5.87. The average molecular weight is 375 g/mol. The van der Waals surface area contributed by atoms with Crippen LogP contribution in [0.1, 0.15) is 44.6 Å². The van der Waals surface area contributed by atoms with Crippen molar-refractivity contribution >= 4 is 17.8 Å². The van der Waals surface area contributed by atoms with Gasteiger partial charge in [0.05, 0.1) is 0 Å². The number of hydrogen-bond acceptors (Lipinski definition) is 3. The molecule has 7 heteroatoms. The zero-order chi connectivity index (χ0) is 19.6. The first-order valence-electron chi connectivity index (χ1n) is 9.48. The van der Waals surface area contributed by atoms with Gasteiger partial charge in [-0.1, -0.05) is 31.5 Å². The molecule has 6 nitrogen and oxygen atoms in total. The maximum atomic E-state index is 13.8. The third-order valence-corrected chi connectivity index (χ3v) is 5.87. The van der Waals surface area contributed by atoms with Gasteiger partial charge < -0.3 is 10.2 Å². The minimum atomic E-state index is -0.854. The highest BCUT2D eigenvalue weighted by Gasteiger charge is 2.52. The largest absolute Gasteiger partial charge is 0.340 e. The fourth-order valence-corrected chi connectivity index (χ4v) is 3.96. The summed E-state index contributed by atoms with van der Waals surface area (Å²) in [6.07, 6.45) is 4.11. The van der Waals surface area contributed by atoms with Crippen molar-refractivity contribution in [1.29, 1.82) is 0 Å². The van der Waals surface area contributed by atoms with E-state index < -0.39 is 23.3 Å². The first-order chi connectivity index (χ1) is 12.9. The molecule has 27 heavy (non-hydrogen) atoms. The number of amides is 4. The molecular weight excluding hydrogens is 349 g/mol. The van der Waals surface area contributed by atoms with Crippen LogP contribution in [-0.4, -0.2) is 46.8 Å². The van der Waals surface area contributed by atoms with Crippen LogP contribution in [0.4, 0.5) is 9.18 Å². The van der Waals surface area contributed by atoms with Crippen molar-refractivity contribution in [3.8, 4) is 0 Å². The number of likely N-dealkylation sites (N-methyl/N-ethyl adjacent to an activating group) is 1. The summed E-state index contributed by atoms with van der Waals surface area (Å²) in [7, 11) is 1.54. The van der Waals surface area contributed by atoms with Crippen LogP contribution < -0.4 is 5.32 Å². The molecule has 0 radical (unpaired) electrons. The molecule has 146 valence electrons. The Morgan fingerprint density at radius 1 is 1.30 bits per heavy atom. The maximum absolute atomic E-state index is 13.8. The van der Waals surface area contributed by atoms with Gasteiger partial charge in [-0.2, -0.15) is 0 Å². The topological polar surface area (TPSA) is 69.7 Å². The molecule has 0 bridgehead atoms. The predicted octanol–water partition coefficient (Wildman–Crippen LogP) is 2.67. The van der Waals surface area contributed by atoms with E-state index in [1.54, 1.807) is 18.2 Å². The maximum Gasteiger partial charge on any atom is 0.325 e. The zero-order valence-corrected chi connectivity index (χ0v) is 15.8. The normalized spacial score (nSPS) is 25.0.